The molecule has 0 aromatic carbocycles. The Kier molecular flexibility index (Phi) is 5.56. The van der Waals surface area contributed by atoms with Crippen LogP contribution >= 0.6 is 0 Å². The lowest BCUT2D eigenvalue weighted by Crippen LogP contribution is -2.15. The predicted octanol–water partition coefficient (Wildman–Crippen LogP) is 3.78. The van der Waals surface area contributed by atoms with Gasteiger partial charge in [0.05, 0.1) is 30.7 Å². The number of ether oxygens (including phenoxy) is 1. The molecule has 1 fully saturated rings. The number of nitrogens with one attached hydrogen (secondary N) is 1. The molecule has 9 heteroatoms. The lowest BCUT2D eigenvalue weighted by molar-refractivity contribution is 0.102. The zero-order valence-electron chi connectivity index (χ0n) is 18.7. The fraction of sp³-hybridized carbons (Fsp3) is 0.417. The smallest absolute Gasteiger partial charge is 0.263 e. The summed E-state index contributed by atoms with van der Waals surface area (Å²) in [5.41, 5.74) is 2.88. The molecule has 0 radical (unpaired) electrons. The second-order valence-corrected chi connectivity index (χ2v) is 8.65. The third-order valence-electron chi connectivity index (χ3n) is 6.57. The summed E-state index contributed by atoms with van der Waals surface area (Å²) in [6.07, 6.45) is 8.57. The molecule has 33 heavy (non-hydrogen) atoms. The summed E-state index contributed by atoms with van der Waals surface area (Å²) in [5.74, 6) is 3.47. The lowest BCUT2D eigenvalue weighted by Gasteiger charge is -2.22. The molecule has 1 saturated carbocycles. The van der Waals surface area contributed by atoms with Crippen molar-refractivity contribution in [1.82, 2.24) is 24.3 Å². The van der Waals surface area contributed by atoms with Gasteiger partial charge in [0.2, 0.25) is 5.88 Å². The molecule has 3 aromatic heterocycles. The van der Waals surface area contributed by atoms with Crippen LogP contribution in [-0.2, 0) is 11.2 Å². The van der Waals surface area contributed by atoms with E-state index in [1.54, 1.807) is 16.9 Å². The van der Waals surface area contributed by atoms with E-state index in [1.807, 2.05) is 24.3 Å². The molecule has 5 rings (SSSR count). The fourth-order valence-electron chi connectivity index (χ4n) is 4.75. The van der Waals surface area contributed by atoms with Gasteiger partial charge in [-0.1, -0.05) is 6.07 Å². The number of rotatable bonds is 5. The van der Waals surface area contributed by atoms with Crippen LogP contribution in [0.3, 0.4) is 0 Å². The number of nitrogens with zero attached hydrogens (tertiary/aromatic N) is 5. The summed E-state index contributed by atoms with van der Waals surface area (Å²) in [4.78, 5) is 33.1. The first kappa shape index (κ1) is 21.2. The van der Waals surface area contributed by atoms with Crippen molar-refractivity contribution in [3.8, 4) is 17.3 Å². The number of hydrogen-bond acceptors (Lipinski definition) is 6. The summed E-state index contributed by atoms with van der Waals surface area (Å²) in [7, 11) is 1.50. The number of methoxy groups -OCH3 is 1. The normalized spacial score (nSPS) is 19.8. The molecule has 0 saturated heterocycles. The molecule has 3 aromatic rings. The number of imidazole rings is 1. The van der Waals surface area contributed by atoms with Crippen molar-refractivity contribution in [3.05, 3.63) is 47.6 Å². The molecule has 1 aliphatic heterocycles. The number of allylic oxidation sites excluding steroid dienone is 1. The minimum atomic E-state index is -0.334. The van der Waals surface area contributed by atoms with Crippen molar-refractivity contribution in [2.75, 3.05) is 12.4 Å². The van der Waals surface area contributed by atoms with Gasteiger partial charge in [0.15, 0.2) is 0 Å². The van der Waals surface area contributed by atoms with Crippen molar-refractivity contribution in [1.29, 1.82) is 0 Å². The van der Waals surface area contributed by atoms with Gasteiger partial charge in [0.25, 0.3) is 5.91 Å². The van der Waals surface area contributed by atoms with Gasteiger partial charge in [0.1, 0.15) is 23.1 Å². The minimum absolute atomic E-state index is 0.116. The van der Waals surface area contributed by atoms with E-state index in [4.69, 9.17) is 4.74 Å². The second-order valence-electron chi connectivity index (χ2n) is 8.65. The number of pyridine rings is 1. The number of carbonyl (C=O) groups is 1. The summed E-state index contributed by atoms with van der Waals surface area (Å²) >= 11 is 0. The molecule has 1 aliphatic carbocycles. The van der Waals surface area contributed by atoms with Gasteiger partial charge < -0.3 is 14.6 Å². The lowest BCUT2D eigenvalue weighted by atomic mass is 9.92. The summed E-state index contributed by atoms with van der Waals surface area (Å²) in [5, 5.41) is 7.34. The first-order valence-electron chi connectivity index (χ1n) is 11.3. The molecule has 0 spiro atoms. The number of carbonyl (C=O) groups excluding carboxylic acids is 2. The standard InChI is InChI=1S/C24H26N6O3/c1-15-6-11-22-25-12-20(30(15)22)19-4-3-5-21(26-19)27-23(32)18-13-29(28-24(18)33-2)17-9-7-16(14-31)8-10-17/h3-5,12-13,15,17H,6-11H2,1-2H3,(H,26,27,32)/t15-/m0/s1. The zero-order valence-corrected chi connectivity index (χ0v) is 18.7. The number of amides is 1. The summed E-state index contributed by atoms with van der Waals surface area (Å²) < 4.78 is 9.36. The average molecular weight is 447 g/mol. The SMILES string of the molecule is COc1nn(C2CCC(=C=O)CC2)cc1C(=O)Nc1cccc(-c2cnc3n2[C@@H](C)CC3)n1. The Labute approximate surface area is 191 Å². The molecule has 2 aliphatic rings. The van der Waals surface area contributed by atoms with Gasteiger partial charge in [-0.3, -0.25) is 9.48 Å². The van der Waals surface area contributed by atoms with Gasteiger partial charge >= 0.3 is 0 Å². The number of aryl methyl sites for hydroxylation is 1. The highest BCUT2D eigenvalue weighted by Gasteiger charge is 2.26. The topological polar surface area (TPSA) is 104 Å². The number of aromatic nitrogens is 5. The third-order valence-corrected chi connectivity index (χ3v) is 6.57. The van der Waals surface area contributed by atoms with Gasteiger partial charge in [0, 0.05) is 24.2 Å². The molecular weight excluding hydrogens is 420 g/mol. The number of anilines is 1. The van der Waals surface area contributed by atoms with Crippen molar-refractivity contribution in [3.63, 3.8) is 0 Å². The van der Waals surface area contributed by atoms with Crippen LogP contribution in [0.5, 0.6) is 5.88 Å². The Morgan fingerprint density at radius 1 is 1.21 bits per heavy atom. The minimum Gasteiger partial charge on any atom is -0.479 e. The average Bonchev–Trinajstić information content (AvgIpc) is 3.55. The van der Waals surface area contributed by atoms with Crippen molar-refractivity contribution in [2.45, 2.75) is 57.5 Å². The Hall–Kier alpha value is -3.71. The highest BCUT2D eigenvalue weighted by Crippen LogP contribution is 2.33. The molecule has 9 nitrogen and oxygen atoms in total. The monoisotopic (exact) mass is 446 g/mol. The third kappa shape index (κ3) is 3.96. The van der Waals surface area contributed by atoms with Crippen LogP contribution in [0.2, 0.25) is 0 Å². The van der Waals surface area contributed by atoms with E-state index in [0.717, 1.165) is 48.5 Å². The van der Waals surface area contributed by atoms with Gasteiger partial charge in [-0.25, -0.2) is 14.8 Å². The largest absolute Gasteiger partial charge is 0.479 e. The van der Waals surface area contributed by atoms with Gasteiger partial charge in [-0.05, 0) is 51.2 Å². The number of fused-ring (bicyclic) bond motifs is 1. The van der Waals surface area contributed by atoms with E-state index in [1.165, 1.54) is 7.11 Å². The maximum absolute atomic E-state index is 13.1. The molecule has 0 unspecified atom stereocenters. The summed E-state index contributed by atoms with van der Waals surface area (Å²) in [6, 6.07) is 6.06. The highest BCUT2D eigenvalue weighted by molar-refractivity contribution is 6.05. The van der Waals surface area contributed by atoms with Crippen LogP contribution in [0.25, 0.3) is 11.4 Å². The predicted molar refractivity (Wildman–Crippen MR) is 122 cm³/mol. The van der Waals surface area contributed by atoms with Crippen LogP contribution < -0.4 is 10.1 Å². The first-order chi connectivity index (χ1) is 16.1. The van der Waals surface area contributed by atoms with E-state index in [0.29, 0.717) is 30.3 Å². The fourth-order valence-corrected chi connectivity index (χ4v) is 4.75. The van der Waals surface area contributed by atoms with E-state index in [9.17, 15) is 9.59 Å². The van der Waals surface area contributed by atoms with Crippen LogP contribution in [0.1, 0.15) is 67.3 Å². The maximum Gasteiger partial charge on any atom is 0.263 e. The molecule has 170 valence electrons. The molecular formula is C24H26N6O3. The van der Waals surface area contributed by atoms with E-state index in [2.05, 4.69) is 31.9 Å². The highest BCUT2D eigenvalue weighted by atomic mass is 16.5. The maximum atomic E-state index is 13.1. The first-order valence-corrected chi connectivity index (χ1v) is 11.3. The summed E-state index contributed by atoms with van der Waals surface area (Å²) in [6.45, 7) is 2.18. The molecule has 4 heterocycles. The van der Waals surface area contributed by atoms with Gasteiger partial charge in [-0.2, -0.15) is 0 Å². The quantitative estimate of drug-likeness (QED) is 0.598. The Bertz CT molecular complexity index is 1240. The van der Waals surface area contributed by atoms with E-state index in [-0.39, 0.29) is 17.8 Å². The number of hydrogen-bond donors (Lipinski definition) is 1. The van der Waals surface area contributed by atoms with Gasteiger partial charge in [-0.15, -0.1) is 5.10 Å². The van der Waals surface area contributed by atoms with E-state index >= 15 is 0 Å². The Morgan fingerprint density at radius 2 is 2.03 bits per heavy atom. The zero-order chi connectivity index (χ0) is 22.9. The van der Waals surface area contributed by atoms with Crippen molar-refractivity contribution >= 4 is 17.7 Å². The van der Waals surface area contributed by atoms with Crippen LogP contribution in [-0.4, -0.2) is 43.3 Å². The van der Waals surface area contributed by atoms with Crippen LogP contribution in [0.15, 0.2) is 36.2 Å². The molecule has 0 bridgehead atoms. The van der Waals surface area contributed by atoms with E-state index < -0.39 is 0 Å². The Morgan fingerprint density at radius 3 is 2.79 bits per heavy atom. The molecule has 1 atom stereocenters. The molecule has 1 N–H and O–H groups in total. The Balaban J connectivity index is 1.36. The second kappa shape index (κ2) is 8.67. The van der Waals surface area contributed by atoms with Crippen LogP contribution in [0.4, 0.5) is 5.82 Å². The molecule has 1 amide bonds. The van der Waals surface area contributed by atoms with Crippen molar-refractivity contribution < 1.29 is 14.3 Å². The van der Waals surface area contributed by atoms with Crippen molar-refractivity contribution in [2.24, 2.45) is 0 Å². The van der Waals surface area contributed by atoms with Crippen LogP contribution in [0, 0.1) is 0 Å².